The molecule has 220 valence electrons. The van der Waals surface area contributed by atoms with E-state index in [1.807, 2.05) is 15.9 Å². The number of rotatable bonds is 10. The lowest BCUT2D eigenvalue weighted by Crippen LogP contribution is -2.47. The largest absolute Gasteiger partial charge is 0.504 e. The predicted molar refractivity (Wildman–Crippen MR) is 156 cm³/mol. The van der Waals surface area contributed by atoms with Crippen LogP contribution in [0, 0.1) is 0 Å². The molecule has 1 aliphatic carbocycles. The summed E-state index contributed by atoms with van der Waals surface area (Å²) in [7, 11) is 0. The fourth-order valence-electron chi connectivity index (χ4n) is 5.45. The first-order valence-electron chi connectivity index (χ1n) is 14.6. The van der Waals surface area contributed by atoms with Crippen LogP contribution in [0.2, 0.25) is 0 Å². The maximum atomic E-state index is 13.2. The third-order valence-electron chi connectivity index (χ3n) is 7.94. The van der Waals surface area contributed by atoms with E-state index in [1.165, 1.54) is 6.26 Å². The van der Waals surface area contributed by atoms with Gasteiger partial charge in [0.25, 0.3) is 11.8 Å². The summed E-state index contributed by atoms with van der Waals surface area (Å²) in [5.41, 5.74) is 1.90. The summed E-state index contributed by atoms with van der Waals surface area (Å²) >= 11 is 0. The van der Waals surface area contributed by atoms with Gasteiger partial charge in [0.15, 0.2) is 23.2 Å². The topological polar surface area (TPSA) is 144 Å². The molecule has 12 heteroatoms. The maximum absolute atomic E-state index is 13.2. The average molecular weight is 574 g/mol. The highest BCUT2D eigenvalue weighted by Gasteiger charge is 2.30. The molecule has 2 aromatic heterocycles. The van der Waals surface area contributed by atoms with E-state index in [4.69, 9.17) is 4.42 Å². The Kier molecular flexibility index (Phi) is 7.93. The summed E-state index contributed by atoms with van der Waals surface area (Å²) in [5, 5.41) is 16.1. The molecule has 3 aromatic rings. The van der Waals surface area contributed by atoms with Crippen molar-refractivity contribution in [1.29, 1.82) is 0 Å². The van der Waals surface area contributed by atoms with E-state index in [1.54, 1.807) is 30.5 Å². The summed E-state index contributed by atoms with van der Waals surface area (Å²) in [6.07, 6.45) is 7.22. The van der Waals surface area contributed by atoms with Crippen molar-refractivity contribution in [3.63, 3.8) is 0 Å². The molecule has 0 unspecified atom stereocenters. The van der Waals surface area contributed by atoms with E-state index in [-0.39, 0.29) is 29.2 Å². The van der Waals surface area contributed by atoms with Crippen molar-refractivity contribution < 1.29 is 23.9 Å². The van der Waals surface area contributed by atoms with Crippen molar-refractivity contribution >= 4 is 34.9 Å². The number of carbonyl (C=O) groups is 3. The second-order valence-corrected chi connectivity index (χ2v) is 10.9. The second kappa shape index (κ2) is 12.1. The van der Waals surface area contributed by atoms with Gasteiger partial charge in [0.05, 0.1) is 11.4 Å². The molecule has 0 atom stereocenters. The van der Waals surface area contributed by atoms with Gasteiger partial charge in [0, 0.05) is 69.9 Å². The van der Waals surface area contributed by atoms with Crippen molar-refractivity contribution in [3.8, 4) is 5.75 Å². The number of hydrogen-bond donors (Lipinski definition) is 3. The van der Waals surface area contributed by atoms with E-state index < -0.39 is 5.91 Å². The zero-order valence-corrected chi connectivity index (χ0v) is 23.4. The van der Waals surface area contributed by atoms with E-state index in [0.29, 0.717) is 75.1 Å². The van der Waals surface area contributed by atoms with Gasteiger partial charge in [-0.15, -0.1) is 0 Å². The first-order chi connectivity index (χ1) is 20.5. The smallest absolute Gasteiger partial charge is 0.277 e. The van der Waals surface area contributed by atoms with Crippen LogP contribution >= 0.6 is 0 Å². The molecule has 0 spiro atoms. The molecule has 3 aliphatic rings. The number of aromatic hydroxyl groups is 1. The lowest BCUT2D eigenvalue weighted by atomic mass is 10.1. The van der Waals surface area contributed by atoms with Crippen LogP contribution in [-0.2, 0) is 4.79 Å². The summed E-state index contributed by atoms with van der Waals surface area (Å²) in [6.45, 7) is 4.33. The average Bonchev–Trinajstić information content (AvgIpc) is 3.59. The molecule has 2 saturated heterocycles. The molecule has 3 N–H and O–H groups in total. The molecule has 12 nitrogen and oxygen atoms in total. The minimum absolute atomic E-state index is 0.138. The number of nitrogens with zero attached hydrogens (tertiary/aromatic N) is 5. The van der Waals surface area contributed by atoms with Crippen molar-refractivity contribution in [2.45, 2.75) is 38.0 Å². The summed E-state index contributed by atoms with van der Waals surface area (Å²) < 4.78 is 5.51. The number of likely N-dealkylation sites (tertiary alicyclic amines) is 1. The van der Waals surface area contributed by atoms with E-state index in [0.717, 1.165) is 31.5 Å². The molecule has 42 heavy (non-hydrogen) atoms. The zero-order valence-electron chi connectivity index (χ0n) is 23.4. The minimum atomic E-state index is -0.406. The van der Waals surface area contributed by atoms with Crippen molar-refractivity contribution in [2.24, 2.45) is 0 Å². The van der Waals surface area contributed by atoms with Gasteiger partial charge in [0.1, 0.15) is 6.26 Å². The number of benzene rings is 1. The van der Waals surface area contributed by atoms with Gasteiger partial charge >= 0.3 is 0 Å². The van der Waals surface area contributed by atoms with Gasteiger partial charge in [-0.2, -0.15) is 0 Å². The Morgan fingerprint density at radius 3 is 2.60 bits per heavy atom. The third kappa shape index (κ3) is 6.17. The van der Waals surface area contributed by atoms with Gasteiger partial charge in [0.2, 0.25) is 5.91 Å². The fourth-order valence-corrected chi connectivity index (χ4v) is 5.45. The second-order valence-electron chi connectivity index (χ2n) is 10.9. The molecule has 0 bridgehead atoms. The Labute approximate surface area is 243 Å². The number of carbonyl (C=O) groups excluding carboxylic acids is 3. The fraction of sp³-hybridized carbons (Fsp3) is 0.433. The number of aromatic nitrogens is 2. The van der Waals surface area contributed by atoms with Crippen LogP contribution in [0.5, 0.6) is 5.75 Å². The summed E-state index contributed by atoms with van der Waals surface area (Å²) in [5.74, 6) is 1.06. The van der Waals surface area contributed by atoms with Crippen LogP contribution in [-0.4, -0.2) is 83.5 Å². The Bertz CT molecular complexity index is 1460. The Morgan fingerprint density at radius 1 is 1.05 bits per heavy atom. The number of anilines is 3. The van der Waals surface area contributed by atoms with Gasteiger partial charge in [-0.25, -0.2) is 9.97 Å². The number of piperazine rings is 1. The Morgan fingerprint density at radius 2 is 1.86 bits per heavy atom. The van der Waals surface area contributed by atoms with Crippen LogP contribution < -0.4 is 20.4 Å². The SMILES string of the molecule is O=C(NCCCN1CCCC1=O)c1ccc(N2CCN(c3ncccc3O)CC2)c(NC(=O)c2coc(C3CC3)n2)c1. The zero-order chi connectivity index (χ0) is 29.1. The van der Waals surface area contributed by atoms with Crippen LogP contribution in [0.25, 0.3) is 0 Å². The first-order valence-corrected chi connectivity index (χ1v) is 14.6. The molecule has 0 radical (unpaired) electrons. The van der Waals surface area contributed by atoms with Gasteiger partial charge in [-0.05, 0) is 56.0 Å². The summed E-state index contributed by atoms with van der Waals surface area (Å²) in [4.78, 5) is 52.7. The minimum Gasteiger partial charge on any atom is -0.504 e. The number of amides is 3. The van der Waals surface area contributed by atoms with Gasteiger partial charge < -0.3 is 34.9 Å². The molecule has 4 heterocycles. The summed E-state index contributed by atoms with van der Waals surface area (Å²) in [6, 6.07) is 8.60. The van der Waals surface area contributed by atoms with Crippen molar-refractivity contribution in [2.75, 3.05) is 60.9 Å². The van der Waals surface area contributed by atoms with Crippen LogP contribution in [0.15, 0.2) is 47.2 Å². The molecular formula is C30H35N7O5. The van der Waals surface area contributed by atoms with E-state index >= 15 is 0 Å². The monoisotopic (exact) mass is 573 g/mol. The van der Waals surface area contributed by atoms with E-state index in [2.05, 4.69) is 25.5 Å². The van der Waals surface area contributed by atoms with Gasteiger partial charge in [-0.3, -0.25) is 14.4 Å². The highest BCUT2D eigenvalue weighted by Crippen LogP contribution is 2.39. The molecule has 6 rings (SSSR count). The number of oxazole rings is 1. The first kappa shape index (κ1) is 27.6. The third-order valence-corrected chi connectivity index (χ3v) is 7.94. The standard InChI is InChI=1S/C30H35N7O5/c38-25-4-1-10-31-27(25)37-16-14-35(15-17-37)24-9-8-21(28(40)32-11-3-13-36-12-2-5-26(36)39)18-22(24)33-29(41)23-19-42-30(34-23)20-6-7-20/h1,4,8-10,18-20,38H,2-3,5-7,11-17H2,(H,32,40)(H,33,41). The Hall–Kier alpha value is -4.61. The highest BCUT2D eigenvalue weighted by atomic mass is 16.3. The molecule has 1 saturated carbocycles. The van der Waals surface area contributed by atoms with Gasteiger partial charge in [-0.1, -0.05) is 0 Å². The van der Waals surface area contributed by atoms with Crippen LogP contribution in [0.1, 0.15) is 64.8 Å². The molecule has 2 aliphatic heterocycles. The molecule has 3 amide bonds. The number of hydrogen-bond acceptors (Lipinski definition) is 9. The van der Waals surface area contributed by atoms with E-state index in [9.17, 15) is 19.5 Å². The lowest BCUT2D eigenvalue weighted by molar-refractivity contribution is -0.127. The van der Waals surface area contributed by atoms with Crippen LogP contribution in [0.4, 0.5) is 17.2 Å². The highest BCUT2D eigenvalue weighted by molar-refractivity contribution is 6.06. The predicted octanol–water partition coefficient (Wildman–Crippen LogP) is 2.97. The lowest BCUT2D eigenvalue weighted by Gasteiger charge is -2.37. The molecule has 1 aromatic carbocycles. The molecular weight excluding hydrogens is 538 g/mol. The normalized spacial score (nSPS) is 17.0. The van der Waals surface area contributed by atoms with Crippen molar-refractivity contribution in [1.82, 2.24) is 20.2 Å². The quantitative estimate of drug-likeness (QED) is 0.312. The van der Waals surface area contributed by atoms with Crippen molar-refractivity contribution in [3.05, 3.63) is 59.9 Å². The Balaban J connectivity index is 1.15. The number of nitrogens with one attached hydrogen (secondary N) is 2. The maximum Gasteiger partial charge on any atom is 0.277 e. The molecule has 3 fully saturated rings. The van der Waals surface area contributed by atoms with Crippen LogP contribution in [0.3, 0.4) is 0 Å². The number of pyridine rings is 1.